The SMILES string of the molecule is O=S(=O)([N-]C(c1ccccc1)C(NCCCCC1=CC=CCC1)c1ccccc1)c1c(F)c(F)c(F)c(F)c1F.[CH3-].[Cl][Ru+3]. The number of nitrogens with one attached hydrogen (secondary N) is 1. The van der Waals surface area contributed by atoms with Crippen molar-refractivity contribution < 1.29 is 47.7 Å². The van der Waals surface area contributed by atoms with E-state index in [2.05, 4.69) is 31.9 Å². The summed E-state index contributed by atoms with van der Waals surface area (Å²) >= 11 is 1.82. The van der Waals surface area contributed by atoms with Crippen LogP contribution in [0.2, 0.25) is 0 Å². The van der Waals surface area contributed by atoms with E-state index in [1.165, 1.54) is 5.57 Å². The fourth-order valence-corrected chi connectivity index (χ4v) is 5.93. The van der Waals surface area contributed by atoms with Crippen LogP contribution < -0.4 is 5.32 Å². The van der Waals surface area contributed by atoms with Crippen molar-refractivity contribution in [3.63, 3.8) is 0 Å². The molecule has 0 bridgehead atoms. The second kappa shape index (κ2) is 17.8. The number of rotatable bonds is 12. The van der Waals surface area contributed by atoms with E-state index in [1.807, 2.05) is 23.4 Å². The molecule has 0 radical (unpaired) electrons. The first-order valence-corrected chi connectivity index (χ1v) is 16.7. The molecule has 1 aliphatic rings. The maximum atomic E-state index is 14.5. The molecule has 0 heterocycles. The number of allylic oxidation sites excluding steroid dienone is 4. The molecule has 12 heteroatoms. The number of sulfonamides is 1. The Morgan fingerprint density at radius 2 is 1.35 bits per heavy atom. The first-order chi connectivity index (χ1) is 20.2. The number of nitrogens with zero attached hydrogens (tertiary/aromatic N) is 1. The molecule has 232 valence electrons. The van der Waals surface area contributed by atoms with Gasteiger partial charge >= 0.3 is 27.0 Å². The van der Waals surface area contributed by atoms with Gasteiger partial charge in [-0.3, -0.25) is 0 Å². The van der Waals surface area contributed by atoms with E-state index in [0.717, 1.165) is 32.1 Å². The van der Waals surface area contributed by atoms with Gasteiger partial charge in [0.15, 0.2) is 23.3 Å². The van der Waals surface area contributed by atoms with Gasteiger partial charge in [0.05, 0.1) is 0 Å². The van der Waals surface area contributed by atoms with Gasteiger partial charge in [-0.15, -0.1) is 0 Å². The van der Waals surface area contributed by atoms with E-state index < -0.39 is 56.1 Å². The fraction of sp³-hybridized carbons (Fsp3) is 0.258. The van der Waals surface area contributed by atoms with Crippen molar-refractivity contribution in [1.82, 2.24) is 5.32 Å². The van der Waals surface area contributed by atoms with Gasteiger partial charge in [0.25, 0.3) is 0 Å². The van der Waals surface area contributed by atoms with Crippen LogP contribution in [0.1, 0.15) is 55.3 Å². The fourth-order valence-electron chi connectivity index (χ4n) is 4.65. The van der Waals surface area contributed by atoms with Crippen LogP contribution in [0, 0.1) is 36.5 Å². The maximum absolute atomic E-state index is 14.5. The summed E-state index contributed by atoms with van der Waals surface area (Å²) in [6.45, 7) is 0.462. The standard InChI is InChI=1S/C30H28F5N2O2S.CH3.ClH.Ru/c31-23-24(32)26(34)30(27(35)25(23)33)40(38,39)37-29(22-17-8-3-9-18-22)28(21-15-6-2-7-16-21)36-19-11-10-14-20-12-4-1-5-13-20;;;/h1-4,6-9,12,15-18,28-29,36H,5,10-11,13-14,19H2;1H3;1H;/q2*-1;;+4/p-1. The van der Waals surface area contributed by atoms with Gasteiger partial charge in [-0.05, 0) is 44.2 Å². The van der Waals surface area contributed by atoms with Crippen molar-refractivity contribution in [2.45, 2.75) is 49.1 Å². The van der Waals surface area contributed by atoms with Crippen LogP contribution in [0.3, 0.4) is 0 Å². The Morgan fingerprint density at radius 1 is 0.814 bits per heavy atom. The van der Waals surface area contributed by atoms with Crippen molar-refractivity contribution in [3.8, 4) is 0 Å². The molecular weight excluding hydrogens is 696 g/mol. The van der Waals surface area contributed by atoms with E-state index in [9.17, 15) is 30.4 Å². The Balaban J connectivity index is 0.00000211. The molecule has 43 heavy (non-hydrogen) atoms. The van der Waals surface area contributed by atoms with Crippen molar-refractivity contribution >= 4 is 19.7 Å². The predicted octanol–water partition coefficient (Wildman–Crippen LogP) is 9.10. The van der Waals surface area contributed by atoms with Crippen LogP contribution in [0.15, 0.2) is 89.4 Å². The second-order valence-electron chi connectivity index (χ2n) is 9.43. The molecule has 4 rings (SSSR count). The van der Waals surface area contributed by atoms with Crippen LogP contribution in [0.5, 0.6) is 0 Å². The molecule has 1 aliphatic carbocycles. The van der Waals surface area contributed by atoms with Crippen molar-refractivity contribution in [2.24, 2.45) is 0 Å². The zero-order valence-corrected chi connectivity index (χ0v) is 26.5. The number of benzene rings is 3. The van der Waals surface area contributed by atoms with Crippen molar-refractivity contribution in [1.29, 1.82) is 0 Å². The summed E-state index contributed by atoms with van der Waals surface area (Å²) in [5.41, 5.74) is 2.36. The topological polar surface area (TPSA) is 60.3 Å². The van der Waals surface area contributed by atoms with Gasteiger partial charge in [-0.2, -0.15) is 0 Å². The monoisotopic (exact) mass is 727 g/mol. The van der Waals surface area contributed by atoms with Crippen LogP contribution in [-0.2, 0) is 27.3 Å². The van der Waals surface area contributed by atoms with E-state index in [4.69, 9.17) is 0 Å². The summed E-state index contributed by atoms with van der Waals surface area (Å²) in [4.78, 5) is -1.98. The van der Waals surface area contributed by atoms with Crippen molar-refractivity contribution in [2.75, 3.05) is 6.54 Å². The summed E-state index contributed by atoms with van der Waals surface area (Å²) in [5.74, 6) is -12.1. The van der Waals surface area contributed by atoms with Gasteiger partial charge in [0.2, 0.25) is 5.82 Å². The third-order valence-corrected chi connectivity index (χ3v) is 8.06. The van der Waals surface area contributed by atoms with Gasteiger partial charge in [0.1, 0.15) is 14.9 Å². The Hall–Kier alpha value is -2.43. The zero-order valence-electron chi connectivity index (χ0n) is 23.2. The minimum absolute atomic E-state index is 0. The zero-order chi connectivity index (χ0) is 30.7. The number of hydrogen-bond donors (Lipinski definition) is 1. The van der Waals surface area contributed by atoms with E-state index in [1.54, 1.807) is 60.7 Å². The number of unbranched alkanes of at least 4 members (excludes halogenated alkanes) is 1. The average molecular weight is 727 g/mol. The Bertz CT molecular complexity index is 1460. The first kappa shape index (κ1) is 36.8. The Labute approximate surface area is 264 Å². The van der Waals surface area contributed by atoms with Crippen LogP contribution in [0.25, 0.3) is 4.72 Å². The normalized spacial score (nSPS) is 14.1. The molecule has 1 N–H and O–H groups in total. The summed E-state index contributed by atoms with van der Waals surface area (Å²) in [6.07, 6.45) is 10.8. The van der Waals surface area contributed by atoms with Crippen molar-refractivity contribution in [3.05, 3.63) is 137 Å². The summed E-state index contributed by atoms with van der Waals surface area (Å²) in [7, 11) is -0.790. The summed E-state index contributed by atoms with van der Waals surface area (Å²) < 4.78 is 101. The quantitative estimate of drug-likeness (QED) is 0.0506. The van der Waals surface area contributed by atoms with Gasteiger partial charge in [-0.25, -0.2) is 30.4 Å². The molecular formula is C31H31ClF5N2O2RuS+. The van der Waals surface area contributed by atoms with Gasteiger partial charge < -0.3 is 17.5 Å². The molecule has 0 aliphatic heterocycles. The molecule has 0 saturated carbocycles. The Morgan fingerprint density at radius 3 is 1.88 bits per heavy atom. The molecule has 0 aromatic heterocycles. The number of hydrogen-bond acceptors (Lipinski definition) is 3. The molecule has 0 amide bonds. The average Bonchev–Trinajstić information content (AvgIpc) is 3.02. The third-order valence-electron chi connectivity index (χ3n) is 6.68. The molecule has 2 unspecified atom stereocenters. The van der Waals surface area contributed by atoms with Crippen LogP contribution in [0.4, 0.5) is 22.0 Å². The van der Waals surface area contributed by atoms with Crippen LogP contribution >= 0.6 is 9.69 Å². The molecule has 3 aromatic carbocycles. The van der Waals surface area contributed by atoms with Crippen LogP contribution in [-0.4, -0.2) is 15.0 Å². The summed E-state index contributed by atoms with van der Waals surface area (Å²) in [5, 5.41) is 3.32. The van der Waals surface area contributed by atoms with E-state index >= 15 is 0 Å². The first-order valence-electron chi connectivity index (χ1n) is 13.0. The molecule has 0 fully saturated rings. The van der Waals surface area contributed by atoms with Gasteiger partial charge in [0, 0.05) is 6.04 Å². The summed E-state index contributed by atoms with van der Waals surface area (Å²) in [6, 6.07) is 14.8. The second-order valence-corrected chi connectivity index (χ2v) is 11.0. The third kappa shape index (κ3) is 9.53. The molecule has 2 atom stereocenters. The van der Waals surface area contributed by atoms with E-state index in [-0.39, 0.29) is 7.43 Å². The molecule has 0 spiro atoms. The number of halogens is 6. The van der Waals surface area contributed by atoms with E-state index in [0.29, 0.717) is 17.7 Å². The molecule has 0 saturated heterocycles. The minimum atomic E-state index is -5.36. The molecule has 3 aromatic rings. The Kier molecular flexibility index (Phi) is 15.2. The predicted molar refractivity (Wildman–Crippen MR) is 156 cm³/mol. The molecule has 4 nitrogen and oxygen atoms in total. The van der Waals surface area contributed by atoms with Gasteiger partial charge in [-0.1, -0.05) is 96.1 Å².